The molecular weight excluding hydrogens is 250 g/mol. The lowest BCUT2D eigenvalue weighted by atomic mass is 9.79. The van der Waals surface area contributed by atoms with Crippen LogP contribution in [0, 0.1) is 16.7 Å². The van der Waals surface area contributed by atoms with Crippen LogP contribution in [0.5, 0.6) is 0 Å². The van der Waals surface area contributed by atoms with Gasteiger partial charge in [-0.2, -0.15) is 5.26 Å². The fourth-order valence-corrected chi connectivity index (χ4v) is 3.22. The molecule has 1 fully saturated rings. The van der Waals surface area contributed by atoms with Gasteiger partial charge in [0.1, 0.15) is 5.41 Å². The predicted octanol–water partition coefficient (Wildman–Crippen LogP) is 2.65. The topological polar surface area (TPSA) is 47.3 Å². The molecule has 1 amide bonds. The lowest BCUT2D eigenvalue weighted by Crippen LogP contribution is -2.52. The van der Waals surface area contributed by atoms with Crippen molar-refractivity contribution in [3.05, 3.63) is 0 Å². The Bertz CT molecular complexity index is 353. The van der Waals surface area contributed by atoms with E-state index >= 15 is 0 Å². The van der Waals surface area contributed by atoms with E-state index in [2.05, 4.69) is 25.1 Å². The Morgan fingerprint density at radius 3 is 2.40 bits per heavy atom. The van der Waals surface area contributed by atoms with Gasteiger partial charge < -0.3 is 9.80 Å². The summed E-state index contributed by atoms with van der Waals surface area (Å²) in [7, 11) is 4.13. The summed E-state index contributed by atoms with van der Waals surface area (Å²) in [5, 5.41) is 9.61. The van der Waals surface area contributed by atoms with Crippen LogP contribution in [-0.2, 0) is 4.79 Å². The van der Waals surface area contributed by atoms with Crippen LogP contribution in [-0.4, -0.2) is 48.9 Å². The Morgan fingerprint density at radius 1 is 1.35 bits per heavy atom. The van der Waals surface area contributed by atoms with Gasteiger partial charge in [0.15, 0.2) is 0 Å². The summed E-state index contributed by atoms with van der Waals surface area (Å²) in [5.74, 6) is 0.0650. The van der Waals surface area contributed by atoms with Gasteiger partial charge in [0.2, 0.25) is 5.91 Å². The average molecular weight is 279 g/mol. The van der Waals surface area contributed by atoms with Crippen molar-refractivity contribution in [2.75, 3.05) is 27.2 Å². The Hall–Kier alpha value is -1.08. The Morgan fingerprint density at radius 2 is 1.95 bits per heavy atom. The molecule has 114 valence electrons. The molecule has 0 spiro atoms. The molecule has 0 aromatic rings. The zero-order chi connectivity index (χ0) is 15.2. The summed E-state index contributed by atoms with van der Waals surface area (Å²) in [6.07, 6.45) is 5.29. The highest BCUT2D eigenvalue weighted by atomic mass is 16.2. The number of nitrogens with zero attached hydrogens (tertiary/aromatic N) is 3. The Labute approximate surface area is 123 Å². The highest BCUT2D eigenvalue weighted by Crippen LogP contribution is 2.33. The Balaban J connectivity index is 2.86. The summed E-state index contributed by atoms with van der Waals surface area (Å²) in [5.41, 5.74) is -0.794. The van der Waals surface area contributed by atoms with Crippen molar-refractivity contribution in [1.29, 1.82) is 5.26 Å². The second-order valence-corrected chi connectivity index (χ2v) is 6.20. The molecular formula is C16H29N3O. The first-order valence-electron chi connectivity index (χ1n) is 7.87. The third-order valence-electron chi connectivity index (χ3n) is 4.39. The molecule has 0 radical (unpaired) electrons. The summed E-state index contributed by atoms with van der Waals surface area (Å²) in [6.45, 7) is 5.67. The molecule has 0 aromatic heterocycles. The first-order valence-corrected chi connectivity index (χ1v) is 7.87. The zero-order valence-corrected chi connectivity index (χ0v) is 13.5. The van der Waals surface area contributed by atoms with E-state index in [0.717, 1.165) is 38.8 Å². The highest BCUT2D eigenvalue weighted by molar-refractivity contribution is 5.85. The molecule has 1 rings (SSSR count). The van der Waals surface area contributed by atoms with Crippen LogP contribution in [0.2, 0.25) is 0 Å². The molecule has 0 saturated carbocycles. The molecule has 0 N–H and O–H groups in total. The molecule has 1 heterocycles. The van der Waals surface area contributed by atoms with Crippen molar-refractivity contribution in [2.45, 2.75) is 58.4 Å². The zero-order valence-electron chi connectivity index (χ0n) is 13.5. The predicted molar refractivity (Wildman–Crippen MR) is 81.2 cm³/mol. The minimum Gasteiger partial charge on any atom is -0.340 e. The Kier molecular flexibility index (Phi) is 6.48. The molecule has 1 aliphatic heterocycles. The maximum absolute atomic E-state index is 12.9. The number of carbonyl (C=O) groups excluding carboxylic acids is 1. The van der Waals surface area contributed by atoms with Gasteiger partial charge in [0.25, 0.3) is 0 Å². The smallest absolute Gasteiger partial charge is 0.243 e. The van der Waals surface area contributed by atoms with Crippen molar-refractivity contribution in [2.24, 2.45) is 5.41 Å². The molecule has 0 aliphatic carbocycles. The van der Waals surface area contributed by atoms with E-state index in [4.69, 9.17) is 0 Å². The number of likely N-dealkylation sites (N-methyl/N-ethyl adjacent to an activating group) is 1. The second-order valence-electron chi connectivity index (χ2n) is 6.20. The number of hydrogen-bond donors (Lipinski definition) is 0. The minimum absolute atomic E-state index is 0.0650. The monoisotopic (exact) mass is 279 g/mol. The van der Waals surface area contributed by atoms with Gasteiger partial charge in [-0.25, -0.2) is 0 Å². The normalized spacial score (nSPS) is 20.0. The molecule has 20 heavy (non-hydrogen) atoms. The first-order chi connectivity index (χ1) is 9.50. The van der Waals surface area contributed by atoms with Gasteiger partial charge in [-0.05, 0) is 39.8 Å². The largest absolute Gasteiger partial charge is 0.340 e. The highest BCUT2D eigenvalue weighted by Gasteiger charge is 2.41. The van der Waals surface area contributed by atoms with Crippen LogP contribution >= 0.6 is 0 Å². The van der Waals surface area contributed by atoms with Crippen LogP contribution in [0.3, 0.4) is 0 Å². The van der Waals surface area contributed by atoms with E-state index in [1.807, 2.05) is 18.7 Å². The van der Waals surface area contributed by atoms with Gasteiger partial charge in [-0.15, -0.1) is 0 Å². The van der Waals surface area contributed by atoms with Crippen LogP contribution in [0.4, 0.5) is 0 Å². The number of nitriles is 1. The van der Waals surface area contributed by atoms with Gasteiger partial charge in [0.05, 0.1) is 6.07 Å². The minimum atomic E-state index is -0.794. The maximum atomic E-state index is 12.9. The van der Waals surface area contributed by atoms with E-state index in [1.165, 1.54) is 0 Å². The molecule has 0 aromatic carbocycles. The van der Waals surface area contributed by atoms with Gasteiger partial charge in [-0.1, -0.05) is 26.7 Å². The molecule has 1 aliphatic rings. The summed E-state index contributed by atoms with van der Waals surface area (Å²) < 4.78 is 0. The number of rotatable bonds is 6. The lowest BCUT2D eigenvalue weighted by molar-refractivity contribution is -0.141. The van der Waals surface area contributed by atoms with E-state index in [-0.39, 0.29) is 5.91 Å². The SMILES string of the molecule is CCCC(C#N)(CCC)C(=O)N1CCCC(N(C)C)C1. The second kappa shape index (κ2) is 7.64. The number of amides is 1. The maximum Gasteiger partial charge on any atom is 0.243 e. The third kappa shape index (κ3) is 3.73. The van der Waals surface area contributed by atoms with Crippen molar-refractivity contribution in [3.63, 3.8) is 0 Å². The summed E-state index contributed by atoms with van der Waals surface area (Å²) in [4.78, 5) is 17.0. The van der Waals surface area contributed by atoms with Gasteiger partial charge >= 0.3 is 0 Å². The van der Waals surface area contributed by atoms with E-state index in [1.54, 1.807) is 0 Å². The van der Waals surface area contributed by atoms with E-state index in [0.29, 0.717) is 18.9 Å². The molecule has 1 unspecified atom stereocenters. The van der Waals surface area contributed by atoms with Crippen molar-refractivity contribution >= 4 is 5.91 Å². The summed E-state index contributed by atoms with van der Waals surface area (Å²) >= 11 is 0. The van der Waals surface area contributed by atoms with Crippen LogP contribution < -0.4 is 0 Å². The van der Waals surface area contributed by atoms with Crippen LogP contribution in [0.15, 0.2) is 0 Å². The lowest BCUT2D eigenvalue weighted by Gasteiger charge is -2.39. The number of carbonyl (C=O) groups is 1. The molecule has 4 nitrogen and oxygen atoms in total. The van der Waals surface area contributed by atoms with Gasteiger partial charge in [-0.3, -0.25) is 4.79 Å². The molecule has 0 bridgehead atoms. The van der Waals surface area contributed by atoms with Crippen molar-refractivity contribution in [1.82, 2.24) is 9.80 Å². The van der Waals surface area contributed by atoms with E-state index < -0.39 is 5.41 Å². The van der Waals surface area contributed by atoms with E-state index in [9.17, 15) is 10.1 Å². The van der Waals surface area contributed by atoms with Crippen LogP contribution in [0.25, 0.3) is 0 Å². The first kappa shape index (κ1) is 17.0. The number of hydrogen-bond acceptors (Lipinski definition) is 3. The number of likely N-dealkylation sites (tertiary alicyclic amines) is 1. The van der Waals surface area contributed by atoms with Crippen LogP contribution in [0.1, 0.15) is 52.4 Å². The fraction of sp³-hybridized carbons (Fsp3) is 0.875. The fourth-order valence-electron chi connectivity index (χ4n) is 3.22. The number of piperidine rings is 1. The molecule has 4 heteroatoms. The van der Waals surface area contributed by atoms with Gasteiger partial charge in [0, 0.05) is 19.1 Å². The average Bonchev–Trinajstić information content (AvgIpc) is 2.46. The van der Waals surface area contributed by atoms with Crippen molar-refractivity contribution in [3.8, 4) is 6.07 Å². The van der Waals surface area contributed by atoms with Crippen molar-refractivity contribution < 1.29 is 4.79 Å². The third-order valence-corrected chi connectivity index (χ3v) is 4.39. The quantitative estimate of drug-likeness (QED) is 0.751. The standard InChI is InChI=1S/C16H29N3O/c1-5-9-16(13-17,10-6-2)15(20)19-11-7-8-14(12-19)18(3)4/h14H,5-12H2,1-4H3. The molecule has 1 atom stereocenters. The summed E-state index contributed by atoms with van der Waals surface area (Å²) in [6, 6.07) is 2.78. The molecule has 1 saturated heterocycles.